The zero-order valence-electron chi connectivity index (χ0n) is 17.3. The summed E-state index contributed by atoms with van der Waals surface area (Å²) in [7, 11) is -2.02. The van der Waals surface area contributed by atoms with Crippen molar-refractivity contribution < 1.29 is 17.9 Å². The highest BCUT2D eigenvalue weighted by Gasteiger charge is 2.12. The molecule has 8 nitrogen and oxygen atoms in total. The molecule has 0 fully saturated rings. The standard InChI is InChI=1S/C21H24N4O4S/c1-14-10-15(2)25(23-14)13-16-6-5-7-17(11-16)21(26)22-18-8-9-19(20(12-18)29-3)24-30(4,27)28/h5-12,24H,13H2,1-4H3,(H,22,26). The van der Waals surface area contributed by atoms with Gasteiger partial charge in [-0.05, 0) is 49.7 Å². The van der Waals surface area contributed by atoms with Crippen molar-refractivity contribution in [1.29, 1.82) is 0 Å². The van der Waals surface area contributed by atoms with Crippen LogP contribution in [0.25, 0.3) is 0 Å². The third kappa shape index (κ3) is 5.38. The van der Waals surface area contributed by atoms with Crippen LogP contribution < -0.4 is 14.8 Å². The number of carbonyl (C=O) groups is 1. The molecule has 0 aliphatic rings. The summed E-state index contributed by atoms with van der Waals surface area (Å²) in [5.74, 6) is 0.0209. The molecule has 0 aliphatic heterocycles. The molecular formula is C21H24N4O4S. The third-order valence-corrected chi connectivity index (χ3v) is 4.97. The molecule has 3 rings (SSSR count). The monoisotopic (exact) mass is 428 g/mol. The van der Waals surface area contributed by atoms with Crippen LogP contribution in [0.1, 0.15) is 27.3 Å². The summed E-state index contributed by atoms with van der Waals surface area (Å²) < 4.78 is 32.4. The summed E-state index contributed by atoms with van der Waals surface area (Å²) in [5, 5.41) is 7.26. The van der Waals surface area contributed by atoms with Crippen LogP contribution in [0, 0.1) is 13.8 Å². The molecule has 0 saturated heterocycles. The van der Waals surface area contributed by atoms with Crippen LogP contribution in [0.15, 0.2) is 48.5 Å². The Balaban J connectivity index is 1.77. The predicted octanol–water partition coefficient (Wildman–Crippen LogP) is 3.18. The normalized spacial score (nSPS) is 11.2. The Morgan fingerprint density at radius 3 is 2.53 bits per heavy atom. The maximum atomic E-state index is 12.7. The van der Waals surface area contributed by atoms with E-state index >= 15 is 0 Å². The molecule has 30 heavy (non-hydrogen) atoms. The lowest BCUT2D eigenvalue weighted by molar-refractivity contribution is 0.102. The van der Waals surface area contributed by atoms with Gasteiger partial charge in [-0.25, -0.2) is 8.42 Å². The van der Waals surface area contributed by atoms with E-state index in [9.17, 15) is 13.2 Å². The first-order valence-electron chi connectivity index (χ1n) is 9.22. The maximum absolute atomic E-state index is 12.7. The lowest BCUT2D eigenvalue weighted by Gasteiger charge is -2.13. The highest BCUT2D eigenvalue weighted by Crippen LogP contribution is 2.29. The Hall–Kier alpha value is -3.33. The number of nitrogens with one attached hydrogen (secondary N) is 2. The molecule has 0 spiro atoms. The second kappa shape index (κ2) is 8.58. The number of methoxy groups -OCH3 is 1. The summed E-state index contributed by atoms with van der Waals surface area (Å²) in [6, 6.07) is 14.0. The van der Waals surface area contributed by atoms with Gasteiger partial charge < -0.3 is 10.1 Å². The predicted molar refractivity (Wildman–Crippen MR) is 117 cm³/mol. The Labute approximate surface area is 175 Å². The Kier molecular flexibility index (Phi) is 6.12. The smallest absolute Gasteiger partial charge is 0.255 e. The number of aromatic nitrogens is 2. The van der Waals surface area contributed by atoms with Gasteiger partial charge in [0.05, 0.1) is 31.3 Å². The summed E-state index contributed by atoms with van der Waals surface area (Å²) >= 11 is 0. The SMILES string of the molecule is COc1cc(NC(=O)c2cccc(Cn3nc(C)cc3C)c2)ccc1NS(C)(=O)=O. The van der Waals surface area contributed by atoms with Crippen molar-refractivity contribution in [3.8, 4) is 5.75 Å². The van der Waals surface area contributed by atoms with Crippen molar-refractivity contribution in [2.75, 3.05) is 23.4 Å². The van der Waals surface area contributed by atoms with Gasteiger partial charge in [0.2, 0.25) is 10.0 Å². The number of nitrogens with zero attached hydrogens (tertiary/aromatic N) is 2. The first-order valence-corrected chi connectivity index (χ1v) is 11.1. The Bertz CT molecular complexity index is 1190. The molecule has 9 heteroatoms. The minimum absolute atomic E-state index is 0.281. The molecule has 0 radical (unpaired) electrons. The number of sulfonamides is 1. The average molecular weight is 429 g/mol. The second-order valence-electron chi connectivity index (χ2n) is 7.03. The molecule has 0 bridgehead atoms. The van der Waals surface area contributed by atoms with Crippen molar-refractivity contribution in [3.05, 3.63) is 71.0 Å². The van der Waals surface area contributed by atoms with E-state index in [2.05, 4.69) is 15.1 Å². The lowest BCUT2D eigenvalue weighted by Crippen LogP contribution is -2.14. The van der Waals surface area contributed by atoms with Crippen molar-refractivity contribution in [1.82, 2.24) is 9.78 Å². The highest BCUT2D eigenvalue weighted by molar-refractivity contribution is 7.92. The number of amides is 1. The molecule has 3 aromatic rings. The van der Waals surface area contributed by atoms with Gasteiger partial charge in [0, 0.05) is 23.0 Å². The molecule has 1 amide bonds. The lowest BCUT2D eigenvalue weighted by atomic mass is 10.1. The van der Waals surface area contributed by atoms with E-state index in [1.165, 1.54) is 13.2 Å². The maximum Gasteiger partial charge on any atom is 0.255 e. The number of ether oxygens (including phenoxy) is 1. The minimum atomic E-state index is -3.45. The first-order chi connectivity index (χ1) is 14.1. The summed E-state index contributed by atoms with van der Waals surface area (Å²) in [6.07, 6.45) is 1.06. The van der Waals surface area contributed by atoms with Gasteiger partial charge in [-0.1, -0.05) is 12.1 Å². The molecule has 2 aromatic carbocycles. The fourth-order valence-corrected chi connectivity index (χ4v) is 3.64. The van der Waals surface area contributed by atoms with E-state index < -0.39 is 10.0 Å². The molecule has 0 atom stereocenters. The van der Waals surface area contributed by atoms with E-state index in [1.54, 1.807) is 18.2 Å². The van der Waals surface area contributed by atoms with E-state index in [1.807, 2.05) is 42.8 Å². The van der Waals surface area contributed by atoms with Gasteiger partial charge in [-0.3, -0.25) is 14.2 Å². The number of rotatable bonds is 7. The van der Waals surface area contributed by atoms with Crippen LogP contribution in [0.3, 0.4) is 0 Å². The quantitative estimate of drug-likeness (QED) is 0.602. The van der Waals surface area contributed by atoms with E-state index in [-0.39, 0.29) is 5.91 Å². The van der Waals surface area contributed by atoms with E-state index in [0.29, 0.717) is 29.2 Å². The summed E-state index contributed by atoms with van der Waals surface area (Å²) in [5.41, 5.74) is 4.25. The van der Waals surface area contributed by atoms with E-state index in [4.69, 9.17) is 4.74 Å². The van der Waals surface area contributed by atoms with Crippen LogP contribution >= 0.6 is 0 Å². The average Bonchev–Trinajstić information content (AvgIpc) is 2.98. The summed E-state index contributed by atoms with van der Waals surface area (Å²) in [4.78, 5) is 12.7. The molecule has 0 saturated carbocycles. The molecule has 1 heterocycles. The topological polar surface area (TPSA) is 102 Å². The fourth-order valence-electron chi connectivity index (χ4n) is 3.08. The third-order valence-electron chi connectivity index (χ3n) is 4.38. The van der Waals surface area contributed by atoms with E-state index in [0.717, 1.165) is 23.2 Å². The van der Waals surface area contributed by atoms with Gasteiger partial charge in [0.25, 0.3) is 5.91 Å². The first kappa shape index (κ1) is 21.4. The van der Waals surface area contributed by atoms with Gasteiger partial charge >= 0.3 is 0 Å². The van der Waals surface area contributed by atoms with Crippen LogP contribution in [0.5, 0.6) is 5.75 Å². The van der Waals surface area contributed by atoms with Crippen molar-refractivity contribution in [3.63, 3.8) is 0 Å². The number of anilines is 2. The zero-order valence-corrected chi connectivity index (χ0v) is 18.1. The number of hydrogen-bond acceptors (Lipinski definition) is 5. The molecule has 2 N–H and O–H groups in total. The van der Waals surface area contributed by atoms with Gasteiger partial charge in [0.1, 0.15) is 5.75 Å². The van der Waals surface area contributed by atoms with Gasteiger partial charge in [-0.2, -0.15) is 5.10 Å². The largest absolute Gasteiger partial charge is 0.494 e. The zero-order chi connectivity index (χ0) is 21.9. The number of aryl methyl sites for hydroxylation is 2. The van der Waals surface area contributed by atoms with Crippen LogP contribution in [-0.4, -0.2) is 37.5 Å². The molecule has 158 valence electrons. The minimum Gasteiger partial charge on any atom is -0.494 e. The fraction of sp³-hybridized carbons (Fsp3) is 0.238. The highest BCUT2D eigenvalue weighted by atomic mass is 32.2. The second-order valence-corrected chi connectivity index (χ2v) is 8.78. The number of hydrogen-bond donors (Lipinski definition) is 2. The van der Waals surface area contributed by atoms with Gasteiger partial charge in [-0.15, -0.1) is 0 Å². The van der Waals surface area contributed by atoms with Crippen LogP contribution in [-0.2, 0) is 16.6 Å². The Morgan fingerprint density at radius 2 is 1.90 bits per heavy atom. The number of benzene rings is 2. The molecule has 0 unspecified atom stereocenters. The molecule has 0 aliphatic carbocycles. The van der Waals surface area contributed by atoms with Crippen molar-refractivity contribution in [2.45, 2.75) is 20.4 Å². The molecule has 1 aromatic heterocycles. The van der Waals surface area contributed by atoms with Crippen molar-refractivity contribution >= 4 is 27.3 Å². The summed E-state index contributed by atoms with van der Waals surface area (Å²) in [6.45, 7) is 4.51. The van der Waals surface area contributed by atoms with Crippen LogP contribution in [0.2, 0.25) is 0 Å². The Morgan fingerprint density at radius 1 is 1.13 bits per heavy atom. The number of carbonyl (C=O) groups excluding carboxylic acids is 1. The van der Waals surface area contributed by atoms with Crippen LogP contribution in [0.4, 0.5) is 11.4 Å². The van der Waals surface area contributed by atoms with Gasteiger partial charge in [0.15, 0.2) is 0 Å². The molecular weight excluding hydrogens is 404 g/mol. The van der Waals surface area contributed by atoms with Crippen molar-refractivity contribution in [2.24, 2.45) is 0 Å².